The molecule has 0 amide bonds. The first kappa shape index (κ1) is 14.3. The van der Waals surface area contributed by atoms with Crippen molar-refractivity contribution in [3.63, 3.8) is 0 Å². The van der Waals surface area contributed by atoms with E-state index < -0.39 is 0 Å². The number of ether oxygens (including phenoxy) is 1. The van der Waals surface area contributed by atoms with Crippen LogP contribution in [0, 0.1) is 6.92 Å². The van der Waals surface area contributed by atoms with Crippen molar-refractivity contribution >= 4 is 22.9 Å². The lowest BCUT2D eigenvalue weighted by Gasteiger charge is -2.26. The number of thiophene rings is 1. The molecule has 18 heavy (non-hydrogen) atoms. The number of morpholine rings is 1. The zero-order valence-electron chi connectivity index (χ0n) is 10.9. The molecule has 2 heterocycles. The summed E-state index contributed by atoms with van der Waals surface area (Å²) in [6.45, 7) is 9.08. The molecule has 0 aromatic carbocycles. The Bertz CT molecular complexity index is 364. The molecular formula is C13H21ClN2OS. The van der Waals surface area contributed by atoms with E-state index in [-0.39, 0.29) is 0 Å². The number of nitrogens with zero attached hydrogens (tertiary/aromatic N) is 1. The van der Waals surface area contributed by atoms with Crippen LogP contribution < -0.4 is 5.32 Å². The Morgan fingerprint density at radius 1 is 1.44 bits per heavy atom. The molecule has 1 saturated heterocycles. The number of halogens is 1. The van der Waals surface area contributed by atoms with E-state index in [1.807, 2.05) is 0 Å². The quantitative estimate of drug-likeness (QED) is 0.814. The zero-order chi connectivity index (χ0) is 12.8. The molecule has 0 spiro atoms. The highest BCUT2D eigenvalue weighted by molar-refractivity contribution is 7.10. The summed E-state index contributed by atoms with van der Waals surface area (Å²) < 4.78 is 5.33. The Balaban J connectivity index is 1.57. The Morgan fingerprint density at radius 2 is 2.22 bits per heavy atom. The first-order valence-corrected chi connectivity index (χ1v) is 7.76. The molecule has 102 valence electrons. The molecule has 1 aliphatic heterocycles. The van der Waals surface area contributed by atoms with Crippen LogP contribution in [0.25, 0.3) is 0 Å². The van der Waals surface area contributed by atoms with Gasteiger partial charge in [-0.05, 0) is 37.4 Å². The van der Waals surface area contributed by atoms with Crippen LogP contribution in [-0.4, -0.2) is 44.3 Å². The smallest absolute Gasteiger partial charge is 0.0594 e. The van der Waals surface area contributed by atoms with Crippen LogP contribution in [0.1, 0.15) is 16.9 Å². The number of aryl methyl sites for hydroxylation is 1. The summed E-state index contributed by atoms with van der Waals surface area (Å²) in [6, 6.07) is 0. The molecule has 0 atom stereocenters. The van der Waals surface area contributed by atoms with Gasteiger partial charge >= 0.3 is 0 Å². The normalized spacial score (nSPS) is 17.2. The van der Waals surface area contributed by atoms with E-state index in [0.29, 0.717) is 0 Å². The third kappa shape index (κ3) is 4.21. The summed E-state index contributed by atoms with van der Waals surface area (Å²) in [5.41, 5.74) is 1.19. The minimum absolute atomic E-state index is 0.886. The summed E-state index contributed by atoms with van der Waals surface area (Å²) in [4.78, 5) is 3.72. The number of rotatable bonds is 6. The molecule has 1 fully saturated rings. The van der Waals surface area contributed by atoms with Gasteiger partial charge in [0.05, 0.1) is 18.2 Å². The van der Waals surface area contributed by atoms with Crippen LogP contribution in [0.3, 0.4) is 0 Å². The van der Waals surface area contributed by atoms with E-state index in [2.05, 4.69) is 22.5 Å². The minimum atomic E-state index is 0.886. The predicted molar refractivity (Wildman–Crippen MR) is 77.6 cm³/mol. The molecule has 1 aromatic heterocycles. The number of hydrogen-bond acceptors (Lipinski definition) is 4. The fourth-order valence-electron chi connectivity index (χ4n) is 2.06. The van der Waals surface area contributed by atoms with Gasteiger partial charge in [0.2, 0.25) is 0 Å². The third-order valence-electron chi connectivity index (χ3n) is 3.19. The molecule has 0 radical (unpaired) electrons. The van der Waals surface area contributed by atoms with Gasteiger partial charge in [-0.1, -0.05) is 11.6 Å². The van der Waals surface area contributed by atoms with Crippen molar-refractivity contribution in [1.29, 1.82) is 0 Å². The van der Waals surface area contributed by atoms with Crippen molar-refractivity contribution < 1.29 is 4.74 Å². The molecule has 0 saturated carbocycles. The van der Waals surface area contributed by atoms with Crippen LogP contribution in [0.5, 0.6) is 0 Å². The lowest BCUT2D eigenvalue weighted by Crippen LogP contribution is -2.37. The number of hydrogen-bond donors (Lipinski definition) is 1. The maximum Gasteiger partial charge on any atom is 0.0594 e. The van der Waals surface area contributed by atoms with Gasteiger partial charge in [-0.25, -0.2) is 0 Å². The Hall–Kier alpha value is -0.130. The lowest BCUT2D eigenvalue weighted by atomic mass is 10.3. The molecule has 0 bridgehead atoms. The van der Waals surface area contributed by atoms with Gasteiger partial charge in [0.25, 0.3) is 0 Å². The van der Waals surface area contributed by atoms with Gasteiger partial charge in [0.15, 0.2) is 0 Å². The van der Waals surface area contributed by atoms with E-state index in [1.165, 1.54) is 16.9 Å². The number of nitrogens with one attached hydrogen (secondary N) is 1. The lowest BCUT2D eigenvalue weighted by molar-refractivity contribution is 0.0374. The van der Waals surface area contributed by atoms with Gasteiger partial charge in [-0.2, -0.15) is 0 Å². The maximum atomic E-state index is 6.19. The summed E-state index contributed by atoms with van der Waals surface area (Å²) in [6.07, 6.45) is 1.18. The van der Waals surface area contributed by atoms with Crippen LogP contribution in [0.4, 0.5) is 0 Å². The van der Waals surface area contributed by atoms with E-state index >= 15 is 0 Å². The Kier molecular flexibility index (Phi) is 5.92. The second-order valence-electron chi connectivity index (χ2n) is 4.64. The highest BCUT2D eigenvalue weighted by Crippen LogP contribution is 2.26. The molecule has 1 aliphatic rings. The van der Waals surface area contributed by atoms with Gasteiger partial charge in [0.1, 0.15) is 0 Å². The van der Waals surface area contributed by atoms with Crippen molar-refractivity contribution in [3.05, 3.63) is 20.8 Å². The third-order valence-corrected chi connectivity index (χ3v) is 4.93. The fourth-order valence-corrected chi connectivity index (χ4v) is 3.26. The molecule has 1 N–H and O–H groups in total. The van der Waals surface area contributed by atoms with Crippen LogP contribution in [-0.2, 0) is 11.3 Å². The maximum absolute atomic E-state index is 6.19. The Labute approximate surface area is 118 Å². The Morgan fingerprint density at radius 3 is 2.89 bits per heavy atom. The van der Waals surface area contributed by atoms with Gasteiger partial charge in [-0.3, -0.25) is 4.90 Å². The summed E-state index contributed by atoms with van der Waals surface area (Å²) in [7, 11) is 0. The SMILES string of the molecule is Cc1csc(CNCCCN2CCOCC2)c1Cl. The predicted octanol–water partition coefficient (Wildman–Crippen LogP) is 2.52. The van der Waals surface area contributed by atoms with E-state index in [9.17, 15) is 0 Å². The second-order valence-corrected chi connectivity index (χ2v) is 5.98. The summed E-state index contributed by atoms with van der Waals surface area (Å²) in [5.74, 6) is 0. The van der Waals surface area contributed by atoms with Crippen molar-refractivity contribution in [2.45, 2.75) is 19.9 Å². The second kappa shape index (κ2) is 7.46. The molecule has 1 aromatic rings. The molecule has 3 nitrogen and oxygen atoms in total. The highest BCUT2D eigenvalue weighted by atomic mass is 35.5. The minimum Gasteiger partial charge on any atom is -0.379 e. The fraction of sp³-hybridized carbons (Fsp3) is 0.692. The van der Waals surface area contributed by atoms with Gasteiger partial charge < -0.3 is 10.1 Å². The monoisotopic (exact) mass is 288 g/mol. The zero-order valence-corrected chi connectivity index (χ0v) is 12.4. The van der Waals surface area contributed by atoms with Crippen molar-refractivity contribution in [2.75, 3.05) is 39.4 Å². The highest BCUT2D eigenvalue weighted by Gasteiger charge is 2.09. The van der Waals surface area contributed by atoms with E-state index in [4.69, 9.17) is 16.3 Å². The average molecular weight is 289 g/mol. The first-order valence-electron chi connectivity index (χ1n) is 6.50. The van der Waals surface area contributed by atoms with Crippen LogP contribution in [0.15, 0.2) is 5.38 Å². The van der Waals surface area contributed by atoms with Gasteiger partial charge in [0, 0.05) is 24.5 Å². The molecular weight excluding hydrogens is 268 g/mol. The average Bonchev–Trinajstić information content (AvgIpc) is 2.71. The standard InChI is InChI=1S/C13H21ClN2OS/c1-11-10-18-12(13(11)14)9-15-3-2-4-16-5-7-17-8-6-16/h10,15H,2-9H2,1H3. The van der Waals surface area contributed by atoms with Gasteiger partial charge in [-0.15, -0.1) is 11.3 Å². The summed E-state index contributed by atoms with van der Waals surface area (Å²) >= 11 is 7.93. The topological polar surface area (TPSA) is 24.5 Å². The van der Waals surface area contributed by atoms with Crippen LogP contribution in [0.2, 0.25) is 5.02 Å². The van der Waals surface area contributed by atoms with Crippen molar-refractivity contribution in [2.24, 2.45) is 0 Å². The molecule has 0 unspecified atom stereocenters. The molecule has 0 aliphatic carbocycles. The molecule has 5 heteroatoms. The first-order chi connectivity index (χ1) is 8.77. The largest absolute Gasteiger partial charge is 0.379 e. The van der Waals surface area contributed by atoms with Crippen molar-refractivity contribution in [1.82, 2.24) is 10.2 Å². The van der Waals surface area contributed by atoms with Crippen molar-refractivity contribution in [3.8, 4) is 0 Å². The molecule has 2 rings (SSSR count). The summed E-state index contributed by atoms with van der Waals surface area (Å²) in [5, 5.41) is 6.51. The van der Waals surface area contributed by atoms with E-state index in [0.717, 1.165) is 51.0 Å². The van der Waals surface area contributed by atoms with Crippen LogP contribution >= 0.6 is 22.9 Å². The van der Waals surface area contributed by atoms with E-state index in [1.54, 1.807) is 11.3 Å².